The number of fused-ring (bicyclic) bond motifs is 1. The number of nitrogens with zero attached hydrogens (tertiary/aromatic N) is 3. The number of hydrogen-bond donors (Lipinski definition) is 1. The third kappa shape index (κ3) is 3.73. The van der Waals surface area contributed by atoms with Crippen LogP contribution >= 0.6 is 0 Å². The third-order valence-corrected chi connectivity index (χ3v) is 4.55. The lowest BCUT2D eigenvalue weighted by Gasteiger charge is -2.09. The number of para-hydroxylation sites is 2. The minimum absolute atomic E-state index is 0.118. The molecule has 7 nitrogen and oxygen atoms in total. The van der Waals surface area contributed by atoms with Crippen molar-refractivity contribution in [2.75, 3.05) is 5.43 Å². The van der Waals surface area contributed by atoms with E-state index < -0.39 is 0 Å². The van der Waals surface area contributed by atoms with E-state index in [1.165, 1.54) is 0 Å². The molecule has 0 spiro atoms. The van der Waals surface area contributed by atoms with Crippen LogP contribution < -0.4 is 10.2 Å². The topological polar surface area (TPSA) is 82.2 Å². The Balaban J connectivity index is 1.35. The maximum Gasteiger partial charge on any atom is 0.243 e. The average molecular weight is 376 g/mol. The lowest BCUT2D eigenvalue weighted by molar-refractivity contribution is -0.116. The zero-order chi connectivity index (χ0) is 19.5. The smallest absolute Gasteiger partial charge is 0.243 e. The summed E-state index contributed by atoms with van der Waals surface area (Å²) < 4.78 is 12.6. The van der Waals surface area contributed by atoms with Crippen molar-refractivity contribution in [3.8, 4) is 5.75 Å². The summed E-state index contributed by atoms with van der Waals surface area (Å²) in [4.78, 5) is 16.6. The highest BCUT2D eigenvalue weighted by Gasteiger charge is 2.10. The van der Waals surface area contributed by atoms with Crippen molar-refractivity contribution >= 4 is 16.9 Å². The van der Waals surface area contributed by atoms with Crippen LogP contribution in [-0.2, 0) is 17.8 Å². The Morgan fingerprint density at radius 3 is 2.68 bits per heavy atom. The molecule has 2 heterocycles. The molecule has 4 rings (SSSR count). The predicted molar refractivity (Wildman–Crippen MR) is 105 cm³/mol. The summed E-state index contributed by atoms with van der Waals surface area (Å²) in [6, 6.07) is 15.1. The third-order valence-electron chi connectivity index (χ3n) is 4.55. The summed E-state index contributed by atoms with van der Waals surface area (Å²) >= 11 is 0. The summed E-state index contributed by atoms with van der Waals surface area (Å²) in [6.07, 6.45) is 1.87. The molecule has 28 heavy (non-hydrogen) atoms. The Bertz CT molecular complexity index is 1090. The minimum Gasteiger partial charge on any atom is -0.489 e. The molecule has 0 aliphatic rings. The maximum atomic E-state index is 12.4. The van der Waals surface area contributed by atoms with Gasteiger partial charge in [0, 0.05) is 0 Å². The fourth-order valence-electron chi connectivity index (χ4n) is 2.97. The quantitative estimate of drug-likeness (QED) is 0.557. The molecule has 0 bridgehead atoms. The lowest BCUT2D eigenvalue weighted by Crippen LogP contribution is -2.23. The molecule has 142 valence electrons. The molecule has 1 amide bonds. The Kier molecular flexibility index (Phi) is 4.80. The van der Waals surface area contributed by atoms with Crippen LogP contribution in [0.15, 0.2) is 59.4 Å². The Hall–Kier alpha value is -3.61. The first-order chi connectivity index (χ1) is 13.6. The summed E-state index contributed by atoms with van der Waals surface area (Å²) in [5, 5.41) is 3.92. The Morgan fingerprint density at radius 1 is 1.14 bits per heavy atom. The number of rotatable bonds is 6. The standard InChI is InChI=1S/C21H20N4O3/c1-14-18(15(2)28-24-14)12-27-17-9-7-16(8-10-17)11-21(26)23-25-13-22-19-5-3-4-6-20(19)25/h3-10,13H,11-12H2,1-2H3,(H,23,26). The van der Waals surface area contributed by atoms with E-state index in [1.807, 2.05) is 62.4 Å². The number of benzene rings is 2. The van der Waals surface area contributed by atoms with E-state index in [0.29, 0.717) is 6.61 Å². The van der Waals surface area contributed by atoms with E-state index in [0.717, 1.165) is 39.4 Å². The van der Waals surface area contributed by atoms with Gasteiger partial charge in [-0.2, -0.15) is 0 Å². The molecule has 1 N–H and O–H groups in total. The van der Waals surface area contributed by atoms with E-state index in [-0.39, 0.29) is 12.3 Å². The predicted octanol–water partition coefficient (Wildman–Crippen LogP) is 3.53. The minimum atomic E-state index is -0.118. The van der Waals surface area contributed by atoms with Crippen molar-refractivity contribution in [2.24, 2.45) is 0 Å². The fourth-order valence-corrected chi connectivity index (χ4v) is 2.97. The molecule has 0 saturated carbocycles. The molecule has 0 saturated heterocycles. The van der Waals surface area contributed by atoms with Crippen LogP contribution in [0.2, 0.25) is 0 Å². The van der Waals surface area contributed by atoms with E-state index in [9.17, 15) is 4.79 Å². The number of carbonyl (C=O) groups excluding carboxylic acids is 1. The van der Waals surface area contributed by atoms with Crippen LogP contribution in [-0.4, -0.2) is 20.7 Å². The zero-order valence-electron chi connectivity index (χ0n) is 15.7. The van der Waals surface area contributed by atoms with Crippen molar-refractivity contribution in [1.82, 2.24) is 14.8 Å². The molecule has 0 aliphatic carbocycles. The second-order valence-corrected chi connectivity index (χ2v) is 6.55. The van der Waals surface area contributed by atoms with Crippen LogP contribution in [0.4, 0.5) is 0 Å². The van der Waals surface area contributed by atoms with Gasteiger partial charge in [-0.15, -0.1) is 0 Å². The molecule has 0 aliphatic heterocycles. The molecular formula is C21H20N4O3. The molecule has 0 unspecified atom stereocenters. The largest absolute Gasteiger partial charge is 0.489 e. The van der Waals surface area contributed by atoms with Gasteiger partial charge in [0.1, 0.15) is 24.4 Å². The van der Waals surface area contributed by atoms with Gasteiger partial charge in [0.15, 0.2) is 0 Å². The van der Waals surface area contributed by atoms with Gasteiger partial charge < -0.3 is 9.26 Å². The molecule has 0 radical (unpaired) electrons. The van der Waals surface area contributed by atoms with E-state index in [1.54, 1.807) is 11.0 Å². The maximum absolute atomic E-state index is 12.4. The van der Waals surface area contributed by atoms with E-state index >= 15 is 0 Å². The summed E-state index contributed by atoms with van der Waals surface area (Å²) in [7, 11) is 0. The number of aryl methyl sites for hydroxylation is 2. The van der Waals surface area contributed by atoms with Gasteiger partial charge in [-0.3, -0.25) is 10.2 Å². The summed E-state index contributed by atoms with van der Waals surface area (Å²) in [5.41, 5.74) is 7.23. The number of nitrogens with one attached hydrogen (secondary N) is 1. The number of ether oxygens (including phenoxy) is 1. The van der Waals surface area contributed by atoms with Gasteiger partial charge in [0.05, 0.1) is 28.7 Å². The van der Waals surface area contributed by atoms with Crippen molar-refractivity contribution < 1.29 is 14.1 Å². The van der Waals surface area contributed by atoms with E-state index in [4.69, 9.17) is 9.26 Å². The van der Waals surface area contributed by atoms with Gasteiger partial charge in [-0.05, 0) is 43.7 Å². The highest BCUT2D eigenvalue weighted by atomic mass is 16.5. The number of imidazole rings is 1. The molecule has 0 fully saturated rings. The lowest BCUT2D eigenvalue weighted by atomic mass is 10.1. The van der Waals surface area contributed by atoms with Gasteiger partial charge in [0.25, 0.3) is 0 Å². The normalized spacial score (nSPS) is 10.9. The number of aromatic nitrogens is 3. The first-order valence-corrected chi connectivity index (χ1v) is 8.95. The Labute approximate surface area is 161 Å². The number of hydrogen-bond acceptors (Lipinski definition) is 5. The second kappa shape index (κ2) is 7.56. The first-order valence-electron chi connectivity index (χ1n) is 8.95. The summed E-state index contributed by atoms with van der Waals surface area (Å²) in [6.45, 7) is 4.15. The van der Waals surface area contributed by atoms with Gasteiger partial charge in [-0.1, -0.05) is 29.4 Å². The van der Waals surface area contributed by atoms with Gasteiger partial charge >= 0.3 is 0 Å². The average Bonchev–Trinajstić information content (AvgIpc) is 3.25. The van der Waals surface area contributed by atoms with Gasteiger partial charge in [-0.25, -0.2) is 9.66 Å². The van der Waals surface area contributed by atoms with Crippen molar-refractivity contribution in [2.45, 2.75) is 26.9 Å². The van der Waals surface area contributed by atoms with Gasteiger partial charge in [0.2, 0.25) is 5.91 Å². The van der Waals surface area contributed by atoms with Crippen LogP contribution in [0.5, 0.6) is 5.75 Å². The highest BCUT2D eigenvalue weighted by molar-refractivity contribution is 5.88. The number of carbonyl (C=O) groups is 1. The molecule has 2 aromatic carbocycles. The molecule has 7 heteroatoms. The van der Waals surface area contributed by atoms with Crippen LogP contribution in [0.1, 0.15) is 22.6 Å². The number of amides is 1. The van der Waals surface area contributed by atoms with Crippen molar-refractivity contribution in [3.05, 3.63) is 77.4 Å². The van der Waals surface area contributed by atoms with E-state index in [2.05, 4.69) is 15.6 Å². The Morgan fingerprint density at radius 2 is 1.93 bits per heavy atom. The van der Waals surface area contributed by atoms with Crippen LogP contribution in [0, 0.1) is 13.8 Å². The molecule has 2 aromatic heterocycles. The second-order valence-electron chi connectivity index (χ2n) is 6.55. The van der Waals surface area contributed by atoms with Crippen molar-refractivity contribution in [1.29, 1.82) is 0 Å². The van der Waals surface area contributed by atoms with Crippen LogP contribution in [0.3, 0.4) is 0 Å². The zero-order valence-corrected chi connectivity index (χ0v) is 15.7. The van der Waals surface area contributed by atoms with Crippen LogP contribution in [0.25, 0.3) is 11.0 Å². The highest BCUT2D eigenvalue weighted by Crippen LogP contribution is 2.18. The first kappa shape index (κ1) is 17.8. The fraction of sp³-hybridized carbons (Fsp3) is 0.190. The molecule has 4 aromatic rings. The molecular weight excluding hydrogens is 356 g/mol. The monoisotopic (exact) mass is 376 g/mol. The summed E-state index contributed by atoms with van der Waals surface area (Å²) in [5.74, 6) is 1.37. The van der Waals surface area contributed by atoms with Crippen molar-refractivity contribution in [3.63, 3.8) is 0 Å². The molecule has 0 atom stereocenters. The SMILES string of the molecule is Cc1noc(C)c1COc1ccc(CC(=O)Nn2cnc3ccccc32)cc1.